The Morgan fingerprint density at radius 1 is 1.17 bits per heavy atom. The van der Waals surface area contributed by atoms with Crippen LogP contribution in [0.4, 0.5) is 9.18 Å². The molecule has 1 saturated heterocycles. The van der Waals surface area contributed by atoms with E-state index in [-0.39, 0.29) is 18.1 Å². The number of imide groups is 1. The van der Waals surface area contributed by atoms with Crippen LogP contribution >= 0.6 is 11.3 Å². The molecule has 9 heteroatoms. The molecule has 5 rings (SSSR count). The van der Waals surface area contributed by atoms with Crippen molar-refractivity contribution in [1.29, 1.82) is 0 Å². The van der Waals surface area contributed by atoms with Crippen LogP contribution in [0.25, 0.3) is 11.1 Å². The number of nitrogens with zero attached hydrogens (tertiary/aromatic N) is 2. The van der Waals surface area contributed by atoms with E-state index < -0.39 is 17.9 Å². The number of carbonyl (C=O) groups is 3. The molecule has 7 nitrogen and oxygen atoms in total. The summed E-state index contributed by atoms with van der Waals surface area (Å²) in [4.78, 5) is 39.8. The summed E-state index contributed by atoms with van der Waals surface area (Å²) in [6, 6.07) is 6.98. The number of aromatic carboxylic acids is 1. The van der Waals surface area contributed by atoms with E-state index in [1.807, 2.05) is 24.5 Å². The number of benzene rings is 1. The van der Waals surface area contributed by atoms with Crippen LogP contribution in [0, 0.1) is 19.7 Å². The van der Waals surface area contributed by atoms with Gasteiger partial charge in [-0.1, -0.05) is 12.1 Å². The number of rotatable bonds is 5. The third kappa shape index (κ3) is 4.05. The van der Waals surface area contributed by atoms with Crippen LogP contribution in [0.15, 0.2) is 36.0 Å². The van der Waals surface area contributed by atoms with E-state index in [0.717, 1.165) is 58.0 Å². The number of carboxylic acid groups (broad SMARTS) is 1. The molecule has 0 spiro atoms. The molecule has 3 aromatic rings. The van der Waals surface area contributed by atoms with Gasteiger partial charge in [0.2, 0.25) is 0 Å². The maximum absolute atomic E-state index is 13.2. The highest BCUT2D eigenvalue weighted by atomic mass is 32.1. The summed E-state index contributed by atoms with van der Waals surface area (Å²) in [6.45, 7) is 3.81. The quantitative estimate of drug-likeness (QED) is 0.388. The number of carbonyl (C=O) groups excluding carboxylic acids is 2. The Bertz CT molecular complexity index is 1400. The third-order valence-corrected chi connectivity index (χ3v) is 7.83. The molecular formula is C26H24FN3O4S. The normalized spacial score (nSPS) is 16.7. The first-order valence-electron chi connectivity index (χ1n) is 11.4. The van der Waals surface area contributed by atoms with Crippen molar-refractivity contribution in [3.05, 3.63) is 80.4 Å². The Balaban J connectivity index is 1.48. The zero-order valence-electron chi connectivity index (χ0n) is 19.4. The Hall–Kier alpha value is -3.72. The molecule has 0 radical (unpaired) electrons. The minimum Gasteiger partial charge on any atom is -0.478 e. The van der Waals surface area contributed by atoms with Gasteiger partial charge in [0.15, 0.2) is 0 Å². The average Bonchev–Trinajstić information content (AvgIpc) is 3.42. The third-order valence-electron chi connectivity index (χ3n) is 6.56. The van der Waals surface area contributed by atoms with E-state index >= 15 is 0 Å². The first kappa shape index (κ1) is 23.0. The number of hydrogen-bond donors (Lipinski definition) is 2. The number of fused-ring (bicyclic) bond motifs is 1. The molecule has 1 aliphatic heterocycles. The predicted octanol–water partition coefficient (Wildman–Crippen LogP) is 4.96. The van der Waals surface area contributed by atoms with Crippen LogP contribution in [0.5, 0.6) is 0 Å². The molecule has 0 unspecified atom stereocenters. The lowest BCUT2D eigenvalue weighted by atomic mass is 9.95. The van der Waals surface area contributed by atoms with Crippen LogP contribution in [0.3, 0.4) is 0 Å². The van der Waals surface area contributed by atoms with Crippen LogP contribution < -0.4 is 5.32 Å². The van der Waals surface area contributed by atoms with E-state index in [2.05, 4.69) is 5.32 Å². The zero-order chi connectivity index (χ0) is 24.9. The van der Waals surface area contributed by atoms with Crippen LogP contribution in [-0.4, -0.2) is 32.5 Å². The van der Waals surface area contributed by atoms with Gasteiger partial charge in [0, 0.05) is 16.3 Å². The van der Waals surface area contributed by atoms with Gasteiger partial charge in [-0.2, -0.15) is 0 Å². The molecule has 2 aromatic heterocycles. The fourth-order valence-corrected chi connectivity index (χ4v) is 6.31. The molecule has 0 bridgehead atoms. The number of amides is 3. The molecular weight excluding hydrogens is 469 g/mol. The van der Waals surface area contributed by atoms with Gasteiger partial charge < -0.3 is 15.0 Å². The van der Waals surface area contributed by atoms with E-state index in [4.69, 9.17) is 0 Å². The van der Waals surface area contributed by atoms with Gasteiger partial charge in [0.25, 0.3) is 5.91 Å². The number of halogens is 1. The summed E-state index contributed by atoms with van der Waals surface area (Å²) in [5, 5.41) is 13.3. The Morgan fingerprint density at radius 3 is 2.60 bits per heavy atom. The number of nitrogens with one attached hydrogen (secondary N) is 1. The lowest BCUT2D eigenvalue weighted by Gasteiger charge is -2.11. The molecule has 0 atom stereocenters. The second-order valence-corrected chi connectivity index (χ2v) is 9.95. The molecule has 1 aliphatic carbocycles. The van der Waals surface area contributed by atoms with Crippen molar-refractivity contribution in [2.24, 2.45) is 0 Å². The van der Waals surface area contributed by atoms with E-state index in [0.29, 0.717) is 16.1 Å². The molecule has 0 saturated carbocycles. The molecule has 35 heavy (non-hydrogen) atoms. The largest absolute Gasteiger partial charge is 0.478 e. The van der Waals surface area contributed by atoms with Crippen molar-refractivity contribution in [1.82, 2.24) is 14.8 Å². The molecule has 1 fully saturated rings. The van der Waals surface area contributed by atoms with Crippen molar-refractivity contribution in [2.45, 2.75) is 46.1 Å². The van der Waals surface area contributed by atoms with Crippen molar-refractivity contribution in [3.8, 4) is 5.00 Å². The second kappa shape index (κ2) is 8.81. The summed E-state index contributed by atoms with van der Waals surface area (Å²) < 4.78 is 15.1. The van der Waals surface area contributed by atoms with E-state index in [1.165, 1.54) is 35.6 Å². The topological polar surface area (TPSA) is 91.6 Å². The van der Waals surface area contributed by atoms with Crippen LogP contribution in [-0.2, 0) is 24.2 Å². The summed E-state index contributed by atoms with van der Waals surface area (Å²) in [6.07, 6.45) is 5.33. The maximum Gasteiger partial charge on any atom is 0.339 e. The average molecular weight is 494 g/mol. The number of carboxylic acids is 1. The summed E-state index contributed by atoms with van der Waals surface area (Å²) in [5.41, 5.74) is 4.42. The summed E-state index contributed by atoms with van der Waals surface area (Å²) in [5.74, 6) is -1.79. The molecule has 1 aromatic carbocycles. The van der Waals surface area contributed by atoms with E-state index in [9.17, 15) is 23.9 Å². The first-order chi connectivity index (χ1) is 16.7. The minimum atomic E-state index is -0.929. The van der Waals surface area contributed by atoms with Crippen molar-refractivity contribution in [2.75, 3.05) is 0 Å². The number of hydrogen-bond acceptors (Lipinski definition) is 4. The van der Waals surface area contributed by atoms with Gasteiger partial charge in [-0.15, -0.1) is 11.3 Å². The van der Waals surface area contributed by atoms with Gasteiger partial charge in [-0.05, 0) is 80.5 Å². The predicted molar refractivity (Wildman–Crippen MR) is 130 cm³/mol. The van der Waals surface area contributed by atoms with E-state index in [1.54, 1.807) is 6.08 Å². The number of aryl methyl sites for hydroxylation is 2. The number of aromatic nitrogens is 1. The van der Waals surface area contributed by atoms with Gasteiger partial charge >= 0.3 is 12.0 Å². The Labute approximate surface area is 205 Å². The van der Waals surface area contributed by atoms with Crippen molar-refractivity contribution >= 4 is 35.3 Å². The smallest absolute Gasteiger partial charge is 0.339 e. The highest BCUT2D eigenvalue weighted by molar-refractivity contribution is 7.15. The van der Waals surface area contributed by atoms with Crippen molar-refractivity contribution in [3.63, 3.8) is 0 Å². The molecule has 3 heterocycles. The second-order valence-electron chi connectivity index (χ2n) is 8.86. The Morgan fingerprint density at radius 2 is 1.89 bits per heavy atom. The first-order valence-corrected chi connectivity index (χ1v) is 12.2. The molecule has 3 amide bonds. The lowest BCUT2D eigenvalue weighted by molar-refractivity contribution is -0.123. The highest BCUT2D eigenvalue weighted by Crippen LogP contribution is 2.39. The van der Waals surface area contributed by atoms with Crippen molar-refractivity contribution < 1.29 is 23.9 Å². The SMILES string of the molecule is Cc1cc(/C=C2\NC(=O)N(Cc3ccc(F)cc3)C2=O)c(C)n1-c1sc2c(c1C(=O)O)CCCC2. The standard InChI is InChI=1S/C26H24FN3O4S/c1-14-11-17(12-20-23(31)29(26(34)28-20)13-16-7-9-18(27)10-8-16)15(2)30(14)24-22(25(32)33)19-5-3-4-6-21(19)35-24/h7-12H,3-6,13H2,1-2H3,(H,28,34)(H,32,33)/b20-12-. The van der Waals surface area contributed by atoms with Gasteiger partial charge in [0.1, 0.15) is 16.5 Å². The van der Waals surface area contributed by atoms with Gasteiger partial charge in [-0.3, -0.25) is 9.69 Å². The fraction of sp³-hybridized carbons (Fsp3) is 0.269. The van der Waals surface area contributed by atoms with Gasteiger partial charge in [0.05, 0.1) is 12.1 Å². The molecule has 180 valence electrons. The fourth-order valence-electron chi connectivity index (χ4n) is 4.82. The Kier molecular flexibility index (Phi) is 5.80. The summed E-state index contributed by atoms with van der Waals surface area (Å²) in [7, 11) is 0. The molecule has 2 N–H and O–H groups in total. The van der Waals surface area contributed by atoms with Crippen LogP contribution in [0.2, 0.25) is 0 Å². The zero-order valence-corrected chi connectivity index (χ0v) is 20.2. The minimum absolute atomic E-state index is 0.0318. The maximum atomic E-state index is 13.2. The number of thiophene rings is 1. The van der Waals surface area contributed by atoms with Gasteiger partial charge in [-0.25, -0.2) is 14.0 Å². The lowest BCUT2D eigenvalue weighted by Crippen LogP contribution is -2.30. The highest BCUT2D eigenvalue weighted by Gasteiger charge is 2.34. The van der Waals surface area contributed by atoms with Crippen LogP contribution in [0.1, 0.15) is 56.2 Å². The monoisotopic (exact) mass is 493 g/mol. The molecule has 2 aliphatic rings. The number of urea groups is 1. The summed E-state index contributed by atoms with van der Waals surface area (Å²) >= 11 is 1.52.